The zero-order valence-corrected chi connectivity index (χ0v) is 20.5. The Hall–Kier alpha value is -4.50. The molecule has 0 radical (unpaired) electrons. The van der Waals surface area contributed by atoms with Crippen molar-refractivity contribution in [3.63, 3.8) is 0 Å². The number of aromatic nitrogens is 5. The highest BCUT2D eigenvalue weighted by Crippen LogP contribution is 2.32. The fourth-order valence-corrected chi connectivity index (χ4v) is 4.10. The highest BCUT2D eigenvalue weighted by molar-refractivity contribution is 5.86. The summed E-state index contributed by atoms with van der Waals surface area (Å²) in [5.74, 6) is -2.88. The lowest BCUT2D eigenvalue weighted by atomic mass is 10.1. The summed E-state index contributed by atoms with van der Waals surface area (Å²) in [6.07, 6.45) is -5.02. The van der Waals surface area contributed by atoms with Gasteiger partial charge in [0.1, 0.15) is 23.0 Å². The number of halogens is 7. The monoisotopic (exact) mass is 571 g/mol. The Morgan fingerprint density at radius 3 is 2.48 bits per heavy atom. The summed E-state index contributed by atoms with van der Waals surface area (Å²) in [7, 11) is 0. The molecular formula is C24H20F7N7O2. The number of benzene rings is 1. The number of hydrogen-bond acceptors (Lipinski definition) is 7. The quantitative estimate of drug-likeness (QED) is 0.263. The molecule has 212 valence electrons. The molecule has 4 N–H and O–H groups in total. The van der Waals surface area contributed by atoms with E-state index in [4.69, 9.17) is 5.73 Å². The van der Waals surface area contributed by atoms with Crippen LogP contribution in [0.15, 0.2) is 40.3 Å². The van der Waals surface area contributed by atoms with Crippen LogP contribution in [0.2, 0.25) is 0 Å². The molecular weight excluding hydrogens is 551 g/mol. The van der Waals surface area contributed by atoms with Crippen molar-refractivity contribution in [1.82, 2.24) is 24.7 Å². The van der Waals surface area contributed by atoms with Crippen molar-refractivity contribution in [1.29, 1.82) is 0 Å². The zero-order chi connectivity index (χ0) is 29.4. The summed E-state index contributed by atoms with van der Waals surface area (Å²) in [5.41, 5.74) is 0.384. The van der Waals surface area contributed by atoms with E-state index >= 15 is 0 Å². The van der Waals surface area contributed by atoms with Crippen molar-refractivity contribution in [2.24, 2.45) is 0 Å². The van der Waals surface area contributed by atoms with E-state index in [9.17, 15) is 40.3 Å². The van der Waals surface area contributed by atoms with E-state index in [0.29, 0.717) is 0 Å². The number of rotatable bonds is 8. The van der Waals surface area contributed by atoms with Gasteiger partial charge in [-0.05, 0) is 31.9 Å². The van der Waals surface area contributed by atoms with E-state index in [2.05, 4.69) is 20.4 Å². The van der Waals surface area contributed by atoms with Crippen molar-refractivity contribution in [2.45, 2.75) is 45.0 Å². The third-order valence-electron chi connectivity index (χ3n) is 6.03. The van der Waals surface area contributed by atoms with Gasteiger partial charge in [0.2, 0.25) is 0 Å². The number of H-pyrrole nitrogens is 1. The Kier molecular flexibility index (Phi) is 7.79. The van der Waals surface area contributed by atoms with Gasteiger partial charge in [-0.3, -0.25) is 9.59 Å². The molecule has 4 rings (SSSR count). The highest BCUT2D eigenvalue weighted by atomic mass is 19.4. The van der Waals surface area contributed by atoms with Gasteiger partial charge in [0.15, 0.2) is 5.82 Å². The summed E-state index contributed by atoms with van der Waals surface area (Å²) in [6.45, 7) is 1.49. The van der Waals surface area contributed by atoms with E-state index in [0.717, 1.165) is 35.3 Å². The zero-order valence-electron chi connectivity index (χ0n) is 20.5. The minimum atomic E-state index is -4.92. The number of hydrogen-bond donors (Lipinski definition) is 3. The third kappa shape index (κ3) is 5.74. The average Bonchev–Trinajstić information content (AvgIpc) is 2.85. The van der Waals surface area contributed by atoms with Gasteiger partial charge in [0.25, 0.3) is 17.5 Å². The third-order valence-corrected chi connectivity index (χ3v) is 6.03. The van der Waals surface area contributed by atoms with E-state index in [-0.39, 0.29) is 41.5 Å². The van der Waals surface area contributed by atoms with Gasteiger partial charge in [-0.1, -0.05) is 0 Å². The maximum absolute atomic E-state index is 15.0. The van der Waals surface area contributed by atoms with Crippen LogP contribution in [-0.2, 0) is 12.7 Å². The summed E-state index contributed by atoms with van der Waals surface area (Å²) in [5, 5.41) is 7.09. The van der Waals surface area contributed by atoms with Gasteiger partial charge >= 0.3 is 6.18 Å². The van der Waals surface area contributed by atoms with Gasteiger partial charge in [0, 0.05) is 30.4 Å². The van der Waals surface area contributed by atoms with E-state index in [1.54, 1.807) is 12.0 Å². The lowest BCUT2D eigenvalue weighted by Gasteiger charge is -2.18. The maximum atomic E-state index is 15.0. The maximum Gasteiger partial charge on any atom is 0.423 e. The minimum absolute atomic E-state index is 0.0600. The molecule has 0 spiro atoms. The van der Waals surface area contributed by atoms with Crippen LogP contribution in [0.1, 0.15) is 37.3 Å². The van der Waals surface area contributed by atoms with Crippen LogP contribution in [0.5, 0.6) is 0 Å². The van der Waals surface area contributed by atoms with Crippen molar-refractivity contribution in [3.8, 4) is 11.4 Å². The van der Waals surface area contributed by atoms with Crippen molar-refractivity contribution in [3.05, 3.63) is 74.2 Å². The van der Waals surface area contributed by atoms with Crippen molar-refractivity contribution in [2.75, 3.05) is 11.1 Å². The molecule has 1 aromatic carbocycles. The molecule has 9 nitrogen and oxygen atoms in total. The Morgan fingerprint density at radius 1 is 1.10 bits per heavy atom. The van der Waals surface area contributed by atoms with Gasteiger partial charge < -0.3 is 15.6 Å². The molecule has 4 aromatic rings. The van der Waals surface area contributed by atoms with E-state index in [1.165, 1.54) is 0 Å². The Labute approximate surface area is 219 Å². The number of nitrogens with zero attached hydrogens (tertiary/aromatic N) is 4. The number of fused-ring (bicyclic) bond motifs is 1. The first kappa shape index (κ1) is 28.5. The van der Waals surface area contributed by atoms with Crippen LogP contribution in [0.4, 0.5) is 42.2 Å². The fraction of sp³-hybridized carbons (Fsp3) is 0.292. The van der Waals surface area contributed by atoms with Crippen LogP contribution < -0.4 is 22.2 Å². The molecule has 16 heteroatoms. The smallest absolute Gasteiger partial charge is 0.383 e. The number of anilines is 2. The van der Waals surface area contributed by atoms with Gasteiger partial charge in [-0.25, -0.2) is 32.6 Å². The first-order valence-electron chi connectivity index (χ1n) is 11.6. The minimum Gasteiger partial charge on any atom is -0.383 e. The standard InChI is InChI=1S/C24H20F7N7O2/c1-10(35-17-8-34-37-22(39)18(17)24(29,30)31)3-2-4-38-9-16(26)11-5-13(15(25)6-12(11)23(38)40)21-33-7-14(19(27)28)20(32)36-21/h5-10,19H,2-4H2,1H3,(H2,32,33,36)(H2,35,37,39). The highest BCUT2D eigenvalue weighted by Gasteiger charge is 2.37. The van der Waals surface area contributed by atoms with Crippen LogP contribution in [0.25, 0.3) is 22.2 Å². The molecule has 1 unspecified atom stereocenters. The van der Waals surface area contributed by atoms with Crippen LogP contribution >= 0.6 is 0 Å². The second-order valence-corrected chi connectivity index (χ2v) is 8.86. The number of aryl methyl sites for hydroxylation is 1. The molecule has 3 aromatic heterocycles. The molecule has 0 aliphatic heterocycles. The largest absolute Gasteiger partial charge is 0.423 e. The first-order chi connectivity index (χ1) is 18.8. The molecule has 3 heterocycles. The van der Waals surface area contributed by atoms with Crippen LogP contribution in [0, 0.1) is 11.6 Å². The lowest BCUT2D eigenvalue weighted by Crippen LogP contribution is -2.27. The Bertz CT molecular complexity index is 1690. The van der Waals surface area contributed by atoms with Crippen molar-refractivity contribution < 1.29 is 30.7 Å². The molecule has 0 amide bonds. The van der Waals surface area contributed by atoms with E-state index < -0.39 is 64.0 Å². The number of pyridine rings is 1. The predicted molar refractivity (Wildman–Crippen MR) is 131 cm³/mol. The van der Waals surface area contributed by atoms with E-state index in [1.807, 2.05) is 0 Å². The topological polar surface area (TPSA) is 132 Å². The molecule has 0 bridgehead atoms. The fourth-order valence-electron chi connectivity index (χ4n) is 4.10. The second-order valence-electron chi connectivity index (χ2n) is 8.86. The first-order valence-corrected chi connectivity index (χ1v) is 11.6. The molecule has 0 aliphatic rings. The SMILES string of the molecule is CC(CCCn1cc(F)c2cc(-c3ncc(C(F)F)c(N)n3)c(F)cc2c1=O)Nc1cn[nH]c(=O)c1C(F)(F)F. The molecule has 1 atom stereocenters. The van der Waals surface area contributed by atoms with Crippen LogP contribution in [0.3, 0.4) is 0 Å². The number of aromatic amines is 1. The molecule has 0 fully saturated rings. The Morgan fingerprint density at radius 2 is 1.82 bits per heavy atom. The summed E-state index contributed by atoms with van der Waals surface area (Å²) < 4.78 is 96.3. The van der Waals surface area contributed by atoms with Gasteiger partial charge in [-0.15, -0.1) is 0 Å². The van der Waals surface area contributed by atoms with Gasteiger partial charge in [-0.2, -0.15) is 18.3 Å². The van der Waals surface area contributed by atoms with Gasteiger partial charge in [0.05, 0.1) is 28.4 Å². The summed E-state index contributed by atoms with van der Waals surface area (Å²) in [4.78, 5) is 31.9. The number of nitrogens with one attached hydrogen (secondary N) is 2. The number of nitrogens with two attached hydrogens (primary N) is 1. The normalized spacial score (nSPS) is 12.7. The number of alkyl halides is 5. The molecule has 0 saturated heterocycles. The number of nitrogen functional groups attached to an aromatic ring is 1. The molecule has 40 heavy (non-hydrogen) atoms. The summed E-state index contributed by atoms with van der Waals surface area (Å²) in [6, 6.07) is 1.15. The average molecular weight is 571 g/mol. The summed E-state index contributed by atoms with van der Waals surface area (Å²) >= 11 is 0. The Balaban J connectivity index is 1.53. The van der Waals surface area contributed by atoms with Crippen LogP contribution in [-0.4, -0.2) is 30.8 Å². The predicted octanol–water partition coefficient (Wildman–Crippen LogP) is 4.64. The second kappa shape index (κ2) is 10.9. The lowest BCUT2D eigenvalue weighted by molar-refractivity contribution is -0.138. The van der Waals surface area contributed by atoms with Crippen molar-refractivity contribution >= 4 is 22.3 Å². The molecule has 0 aliphatic carbocycles. The molecule has 0 saturated carbocycles.